The van der Waals surface area contributed by atoms with Crippen molar-refractivity contribution in [2.45, 2.75) is 28.9 Å². The molecule has 3 nitrogen and oxygen atoms in total. The molecule has 0 bridgehead atoms. The molecule has 3 rings (SSSR count). The Hall–Kier alpha value is -0.590. The highest BCUT2D eigenvalue weighted by atomic mass is 79.9. The van der Waals surface area contributed by atoms with Crippen LogP contribution in [-0.2, 0) is 4.79 Å². The maximum Gasteiger partial charge on any atom is 0.320 e. The fourth-order valence-electron chi connectivity index (χ4n) is 2.04. The van der Waals surface area contributed by atoms with E-state index in [-0.39, 0.29) is 0 Å². The molecule has 0 amide bonds. The van der Waals surface area contributed by atoms with Gasteiger partial charge in [-0.15, -0.1) is 23.1 Å². The number of fused-ring (bicyclic) bond motifs is 1. The topological polar surface area (TPSA) is 50.2 Å². The molecule has 1 N–H and O–H groups in total. The van der Waals surface area contributed by atoms with E-state index in [4.69, 9.17) is 0 Å². The molecule has 1 saturated carbocycles. The van der Waals surface area contributed by atoms with E-state index in [2.05, 4.69) is 20.9 Å². The number of aliphatic carboxylic acids is 1. The summed E-state index contributed by atoms with van der Waals surface area (Å²) in [4.78, 5) is 17.7. The quantitative estimate of drug-likeness (QED) is 0.908. The van der Waals surface area contributed by atoms with Crippen LogP contribution in [0.2, 0.25) is 0 Å². The molecule has 94 valence electrons. The Labute approximate surface area is 121 Å². The minimum Gasteiger partial charge on any atom is -0.480 e. The van der Waals surface area contributed by atoms with E-state index in [1.54, 1.807) is 17.5 Å². The van der Waals surface area contributed by atoms with Gasteiger partial charge in [0.2, 0.25) is 0 Å². The molecule has 0 saturated heterocycles. The number of aromatic nitrogens is 1. The Bertz CT molecular complexity index is 622. The predicted molar refractivity (Wildman–Crippen MR) is 77.4 cm³/mol. The van der Waals surface area contributed by atoms with E-state index in [0.29, 0.717) is 0 Å². The minimum absolute atomic E-state index is 0.622. The standard InChI is InChI=1S/C12H10BrNO2S2/c13-9-6-7-8(2-5-14-10(7)17-9)18-12(11(15)16)3-1-4-12/h2,5-6H,1,3-4H2,(H,15,16). The van der Waals surface area contributed by atoms with Gasteiger partial charge < -0.3 is 5.11 Å². The predicted octanol–water partition coefficient (Wildman–Crippen LogP) is 4.16. The molecule has 2 heterocycles. The SMILES string of the molecule is O=C(O)C1(Sc2ccnc3sc(Br)cc23)CCC1. The zero-order chi connectivity index (χ0) is 12.8. The van der Waals surface area contributed by atoms with Gasteiger partial charge in [0.15, 0.2) is 0 Å². The Morgan fingerprint density at radius 1 is 1.56 bits per heavy atom. The molecule has 0 radical (unpaired) electrons. The molecule has 0 atom stereocenters. The van der Waals surface area contributed by atoms with Crippen LogP contribution in [0.25, 0.3) is 10.2 Å². The smallest absolute Gasteiger partial charge is 0.320 e. The van der Waals surface area contributed by atoms with E-state index in [1.165, 1.54) is 11.8 Å². The van der Waals surface area contributed by atoms with Crippen LogP contribution in [-0.4, -0.2) is 20.8 Å². The van der Waals surface area contributed by atoms with E-state index in [1.807, 2.05) is 12.1 Å². The average Bonchev–Trinajstić information content (AvgIpc) is 2.63. The summed E-state index contributed by atoms with van der Waals surface area (Å²) in [5.74, 6) is -0.696. The van der Waals surface area contributed by atoms with Gasteiger partial charge in [-0.25, -0.2) is 4.98 Å². The maximum atomic E-state index is 11.4. The summed E-state index contributed by atoms with van der Waals surface area (Å²) in [5.41, 5.74) is 0. The Balaban J connectivity index is 2.02. The van der Waals surface area contributed by atoms with E-state index < -0.39 is 10.7 Å². The van der Waals surface area contributed by atoms with Gasteiger partial charge in [0, 0.05) is 16.5 Å². The van der Waals surface area contributed by atoms with Crippen molar-refractivity contribution in [1.82, 2.24) is 4.98 Å². The van der Waals surface area contributed by atoms with Crippen molar-refractivity contribution in [1.29, 1.82) is 0 Å². The molecule has 0 unspecified atom stereocenters. The minimum atomic E-state index is -0.696. The molecule has 1 aliphatic rings. The van der Waals surface area contributed by atoms with Crippen LogP contribution in [0.15, 0.2) is 27.0 Å². The molecule has 6 heteroatoms. The molecule has 2 aromatic rings. The Kier molecular flexibility index (Phi) is 3.11. The fraction of sp³-hybridized carbons (Fsp3) is 0.333. The molecule has 0 aromatic carbocycles. The van der Waals surface area contributed by atoms with E-state index >= 15 is 0 Å². The molecule has 2 aromatic heterocycles. The zero-order valence-electron chi connectivity index (χ0n) is 9.35. The van der Waals surface area contributed by atoms with Crippen molar-refractivity contribution in [2.24, 2.45) is 0 Å². The van der Waals surface area contributed by atoms with Gasteiger partial charge in [-0.2, -0.15) is 0 Å². The maximum absolute atomic E-state index is 11.4. The van der Waals surface area contributed by atoms with E-state index in [0.717, 1.165) is 38.2 Å². The monoisotopic (exact) mass is 343 g/mol. The number of nitrogens with zero attached hydrogens (tertiary/aromatic N) is 1. The Morgan fingerprint density at radius 3 is 2.94 bits per heavy atom. The molecule has 1 fully saturated rings. The van der Waals surface area contributed by atoms with Crippen molar-refractivity contribution in [2.75, 3.05) is 0 Å². The van der Waals surface area contributed by atoms with Gasteiger partial charge in [0.1, 0.15) is 9.58 Å². The first kappa shape index (κ1) is 12.4. The summed E-state index contributed by atoms with van der Waals surface area (Å²) >= 11 is 6.50. The van der Waals surface area contributed by atoms with Gasteiger partial charge in [-0.1, -0.05) is 0 Å². The summed E-state index contributed by atoms with van der Waals surface area (Å²) < 4.78 is 0.402. The van der Waals surface area contributed by atoms with Crippen LogP contribution in [0, 0.1) is 0 Å². The Morgan fingerprint density at radius 2 is 2.33 bits per heavy atom. The number of hydrogen-bond donors (Lipinski definition) is 1. The first-order valence-corrected chi connectivity index (χ1v) is 8.00. The van der Waals surface area contributed by atoms with Crippen LogP contribution >= 0.6 is 39.0 Å². The molecule has 0 spiro atoms. The van der Waals surface area contributed by atoms with Crippen molar-refractivity contribution in [3.8, 4) is 0 Å². The highest BCUT2D eigenvalue weighted by molar-refractivity contribution is 9.11. The van der Waals surface area contributed by atoms with Crippen molar-refractivity contribution >= 4 is 55.2 Å². The molecule has 18 heavy (non-hydrogen) atoms. The van der Waals surface area contributed by atoms with Crippen molar-refractivity contribution in [3.63, 3.8) is 0 Å². The molecular weight excluding hydrogens is 334 g/mol. The van der Waals surface area contributed by atoms with E-state index in [9.17, 15) is 9.90 Å². The first-order valence-electron chi connectivity index (χ1n) is 5.57. The van der Waals surface area contributed by atoms with Crippen LogP contribution in [0.1, 0.15) is 19.3 Å². The van der Waals surface area contributed by atoms with Crippen LogP contribution < -0.4 is 0 Å². The number of hydrogen-bond acceptors (Lipinski definition) is 4. The zero-order valence-corrected chi connectivity index (χ0v) is 12.6. The van der Waals surface area contributed by atoms with Crippen LogP contribution in [0.4, 0.5) is 0 Å². The largest absolute Gasteiger partial charge is 0.480 e. The summed E-state index contributed by atoms with van der Waals surface area (Å²) in [6, 6.07) is 3.93. The highest BCUT2D eigenvalue weighted by Gasteiger charge is 2.45. The fourth-order valence-corrected chi connectivity index (χ4v) is 4.95. The summed E-state index contributed by atoms with van der Waals surface area (Å²) in [6.07, 6.45) is 4.26. The molecule has 1 aliphatic carbocycles. The lowest BCUT2D eigenvalue weighted by Gasteiger charge is -2.36. The second-order valence-corrected chi connectivity index (χ2v) is 8.17. The number of pyridine rings is 1. The third-order valence-corrected chi connectivity index (χ3v) is 6.32. The van der Waals surface area contributed by atoms with Gasteiger partial charge in [0.05, 0.1) is 3.79 Å². The number of carboxylic acid groups (broad SMARTS) is 1. The highest BCUT2D eigenvalue weighted by Crippen LogP contribution is 2.49. The number of rotatable bonds is 3. The lowest BCUT2D eigenvalue weighted by Crippen LogP contribution is -2.41. The summed E-state index contributed by atoms with van der Waals surface area (Å²) in [5, 5.41) is 10.4. The van der Waals surface area contributed by atoms with Crippen LogP contribution in [0.5, 0.6) is 0 Å². The third-order valence-electron chi connectivity index (χ3n) is 3.22. The van der Waals surface area contributed by atoms with Crippen molar-refractivity contribution < 1.29 is 9.90 Å². The third kappa shape index (κ3) is 1.96. The summed E-state index contributed by atoms with van der Waals surface area (Å²) in [6.45, 7) is 0. The molecule has 0 aliphatic heterocycles. The normalized spacial score (nSPS) is 17.6. The average molecular weight is 344 g/mol. The number of carbonyl (C=O) groups is 1. The van der Waals surface area contributed by atoms with Gasteiger partial charge in [-0.3, -0.25) is 4.79 Å². The molecular formula is C12H10BrNO2S2. The second kappa shape index (κ2) is 4.51. The summed E-state index contributed by atoms with van der Waals surface area (Å²) in [7, 11) is 0. The van der Waals surface area contributed by atoms with Crippen molar-refractivity contribution in [3.05, 3.63) is 22.1 Å². The van der Waals surface area contributed by atoms with Gasteiger partial charge >= 0.3 is 5.97 Å². The number of thioether (sulfide) groups is 1. The number of carboxylic acids is 1. The first-order chi connectivity index (χ1) is 8.61. The second-order valence-electron chi connectivity index (χ2n) is 4.33. The van der Waals surface area contributed by atoms with Crippen LogP contribution in [0.3, 0.4) is 0 Å². The lowest BCUT2D eigenvalue weighted by molar-refractivity contribution is -0.142. The number of halogens is 1. The van der Waals surface area contributed by atoms with Gasteiger partial charge in [0.25, 0.3) is 0 Å². The lowest BCUT2D eigenvalue weighted by atomic mass is 9.84. The number of thiophene rings is 1. The van der Waals surface area contributed by atoms with Gasteiger partial charge in [-0.05, 0) is 47.3 Å².